The number of esters is 1. The molecule has 3 aromatic carbocycles. The molecule has 1 saturated carbocycles. The summed E-state index contributed by atoms with van der Waals surface area (Å²) in [7, 11) is 0. The number of Topliss-reactive ketones (excluding diaryl/α,β-unsaturated/α-hetero) is 1. The number of benzene rings is 3. The molecule has 2 fully saturated rings. The largest absolute Gasteiger partial charge is 0.451 e. The maximum absolute atomic E-state index is 13.5. The van der Waals surface area contributed by atoms with E-state index in [1.165, 1.54) is 11.8 Å². The van der Waals surface area contributed by atoms with Crippen LogP contribution in [0.1, 0.15) is 46.0 Å². The summed E-state index contributed by atoms with van der Waals surface area (Å²) in [6, 6.07) is 20.7. The molecule has 4 aromatic rings. The molecule has 1 aliphatic heterocycles. The molecule has 1 saturated heterocycles. The first-order valence-electron chi connectivity index (χ1n) is 14.2. The topological polar surface area (TPSA) is 93.6 Å². The normalized spacial score (nSPS) is 22.2. The van der Waals surface area contributed by atoms with Gasteiger partial charge in [-0.25, -0.2) is 9.78 Å². The van der Waals surface area contributed by atoms with Gasteiger partial charge in [0, 0.05) is 31.2 Å². The standard InChI is InChI=1S/C34H27Br2ClN2O5/c1-17-3-12-29-23(13-17)26(34(43)44-18(2)31(40)20-4-8-21(37)9-5-20)16-30(38-29)19-6-10-22(11-7-19)39-32(41)24-14-27(35)28(36)15-25(24)33(39)42/h3-13,16,18,24-25,27-28H,14-15H2,1-2H3. The van der Waals surface area contributed by atoms with Crippen LogP contribution in [0.2, 0.25) is 5.02 Å². The first kappa shape index (κ1) is 30.6. The second-order valence-electron chi connectivity index (χ2n) is 11.3. The molecule has 224 valence electrons. The van der Waals surface area contributed by atoms with Gasteiger partial charge in [0.25, 0.3) is 0 Å². The number of hydrogen-bond acceptors (Lipinski definition) is 6. The lowest BCUT2D eigenvalue weighted by molar-refractivity contribution is -0.122. The average molecular weight is 739 g/mol. The van der Waals surface area contributed by atoms with Crippen molar-refractivity contribution in [2.75, 3.05) is 4.90 Å². The van der Waals surface area contributed by atoms with Crippen LogP contribution in [0.25, 0.3) is 22.2 Å². The zero-order valence-electron chi connectivity index (χ0n) is 23.8. The third-order valence-corrected chi connectivity index (χ3v) is 11.3. The van der Waals surface area contributed by atoms with E-state index < -0.39 is 12.1 Å². The lowest BCUT2D eigenvalue weighted by atomic mass is 9.81. The number of carbonyl (C=O) groups excluding carboxylic acids is 4. The number of rotatable bonds is 6. The maximum Gasteiger partial charge on any atom is 0.339 e. The molecule has 10 heteroatoms. The van der Waals surface area contributed by atoms with Crippen molar-refractivity contribution in [3.8, 4) is 11.3 Å². The van der Waals surface area contributed by atoms with E-state index in [2.05, 4.69) is 31.9 Å². The van der Waals surface area contributed by atoms with Crippen LogP contribution in [0.3, 0.4) is 0 Å². The number of amides is 2. The van der Waals surface area contributed by atoms with Crippen molar-refractivity contribution in [3.05, 3.63) is 94.5 Å². The van der Waals surface area contributed by atoms with Gasteiger partial charge in [-0.15, -0.1) is 0 Å². The highest BCUT2D eigenvalue weighted by molar-refractivity contribution is 9.12. The van der Waals surface area contributed by atoms with Crippen molar-refractivity contribution < 1.29 is 23.9 Å². The molecule has 0 bridgehead atoms. The van der Waals surface area contributed by atoms with Gasteiger partial charge in [-0.3, -0.25) is 19.3 Å². The van der Waals surface area contributed by atoms with Crippen molar-refractivity contribution >= 4 is 83.6 Å². The van der Waals surface area contributed by atoms with Gasteiger partial charge >= 0.3 is 5.97 Å². The van der Waals surface area contributed by atoms with Gasteiger partial charge < -0.3 is 4.74 Å². The molecule has 0 radical (unpaired) electrons. The molecular weight excluding hydrogens is 712 g/mol. The number of hydrogen-bond donors (Lipinski definition) is 0. The predicted molar refractivity (Wildman–Crippen MR) is 177 cm³/mol. The average Bonchev–Trinajstić information content (AvgIpc) is 3.24. The highest BCUT2D eigenvalue weighted by Crippen LogP contribution is 2.44. The van der Waals surface area contributed by atoms with Gasteiger partial charge in [0.1, 0.15) is 0 Å². The van der Waals surface area contributed by atoms with Crippen molar-refractivity contribution in [3.63, 3.8) is 0 Å². The Balaban J connectivity index is 1.29. The Morgan fingerprint density at radius 1 is 0.909 bits per heavy atom. The van der Waals surface area contributed by atoms with E-state index in [1.807, 2.05) is 25.1 Å². The van der Waals surface area contributed by atoms with E-state index in [0.717, 1.165) is 5.56 Å². The van der Waals surface area contributed by atoms with Crippen LogP contribution in [0.15, 0.2) is 72.8 Å². The van der Waals surface area contributed by atoms with Crippen LogP contribution in [0.5, 0.6) is 0 Å². The number of anilines is 1. The lowest BCUT2D eigenvalue weighted by Crippen LogP contribution is -2.34. The molecule has 6 rings (SSSR count). The molecule has 44 heavy (non-hydrogen) atoms. The SMILES string of the molecule is Cc1ccc2nc(-c3ccc(N4C(=O)C5CC(Br)C(Br)CC5C4=O)cc3)cc(C(=O)OC(C)C(=O)c3ccc(Cl)cc3)c2c1. The molecule has 5 unspecified atom stereocenters. The minimum Gasteiger partial charge on any atom is -0.451 e. The summed E-state index contributed by atoms with van der Waals surface area (Å²) in [6.07, 6.45) is 0.171. The van der Waals surface area contributed by atoms with Crippen LogP contribution >= 0.6 is 43.5 Å². The van der Waals surface area contributed by atoms with Crippen LogP contribution in [-0.4, -0.2) is 44.3 Å². The van der Waals surface area contributed by atoms with Crippen LogP contribution in [-0.2, 0) is 14.3 Å². The third kappa shape index (κ3) is 5.73. The first-order valence-corrected chi connectivity index (χ1v) is 16.4. The number of carbonyl (C=O) groups is 4. The molecule has 5 atom stereocenters. The first-order chi connectivity index (χ1) is 21.0. The number of ether oxygens (including phenoxy) is 1. The van der Waals surface area contributed by atoms with Gasteiger partial charge in [0.05, 0.1) is 34.3 Å². The number of nitrogens with zero attached hydrogens (tertiary/aromatic N) is 2. The number of ketones is 1. The van der Waals surface area contributed by atoms with Gasteiger partial charge in [-0.1, -0.05) is 67.2 Å². The van der Waals surface area contributed by atoms with Crippen molar-refractivity contribution in [2.45, 2.75) is 42.4 Å². The van der Waals surface area contributed by atoms with Gasteiger partial charge in [0.2, 0.25) is 17.6 Å². The van der Waals surface area contributed by atoms with Crippen molar-refractivity contribution in [2.24, 2.45) is 11.8 Å². The summed E-state index contributed by atoms with van der Waals surface area (Å²) in [5.74, 6) is -2.03. The molecule has 2 amide bonds. The van der Waals surface area contributed by atoms with E-state index in [9.17, 15) is 19.2 Å². The molecule has 2 heterocycles. The molecule has 1 aliphatic carbocycles. The Bertz CT molecular complexity index is 1780. The Morgan fingerprint density at radius 3 is 2.14 bits per heavy atom. The Morgan fingerprint density at radius 2 is 1.52 bits per heavy atom. The van der Waals surface area contributed by atoms with E-state index in [-0.39, 0.29) is 44.7 Å². The fraction of sp³-hybridized carbons (Fsp3) is 0.265. The number of imide groups is 1. The highest BCUT2D eigenvalue weighted by atomic mass is 79.9. The highest BCUT2D eigenvalue weighted by Gasteiger charge is 2.52. The summed E-state index contributed by atoms with van der Waals surface area (Å²) in [4.78, 5) is 59.3. The van der Waals surface area contributed by atoms with Gasteiger partial charge in [-0.05, 0) is 81.3 Å². The number of pyridine rings is 1. The maximum atomic E-state index is 13.5. The van der Waals surface area contributed by atoms with E-state index >= 15 is 0 Å². The Kier molecular flexibility index (Phi) is 8.48. The number of halogens is 3. The lowest BCUT2D eigenvalue weighted by Gasteiger charge is -2.29. The molecule has 2 aliphatic rings. The summed E-state index contributed by atoms with van der Waals surface area (Å²) in [5, 5.41) is 1.11. The van der Waals surface area contributed by atoms with Crippen molar-refractivity contribution in [1.29, 1.82) is 0 Å². The minimum atomic E-state index is -1.03. The smallest absolute Gasteiger partial charge is 0.339 e. The summed E-state index contributed by atoms with van der Waals surface area (Å²) >= 11 is 13.2. The number of aryl methyl sites for hydroxylation is 1. The van der Waals surface area contributed by atoms with Gasteiger partial charge in [0.15, 0.2) is 6.10 Å². The van der Waals surface area contributed by atoms with Crippen LogP contribution in [0.4, 0.5) is 5.69 Å². The van der Waals surface area contributed by atoms with Gasteiger partial charge in [-0.2, -0.15) is 0 Å². The summed E-state index contributed by atoms with van der Waals surface area (Å²) in [5.41, 5.74) is 3.88. The van der Waals surface area contributed by atoms with E-state index in [0.29, 0.717) is 51.3 Å². The van der Waals surface area contributed by atoms with Crippen LogP contribution < -0.4 is 4.90 Å². The second-order valence-corrected chi connectivity index (χ2v) is 14.1. The Hall–Kier alpha value is -3.40. The quantitative estimate of drug-likeness (QED) is 0.0871. The van der Waals surface area contributed by atoms with E-state index in [1.54, 1.807) is 54.6 Å². The molecule has 0 spiro atoms. The molecule has 0 N–H and O–H groups in total. The zero-order chi connectivity index (χ0) is 31.3. The summed E-state index contributed by atoms with van der Waals surface area (Å²) in [6.45, 7) is 3.46. The van der Waals surface area contributed by atoms with E-state index in [4.69, 9.17) is 21.3 Å². The predicted octanol–water partition coefficient (Wildman–Crippen LogP) is 7.72. The fourth-order valence-electron chi connectivity index (χ4n) is 5.91. The minimum absolute atomic E-state index is 0.130. The molecule has 7 nitrogen and oxygen atoms in total. The number of alkyl halides is 2. The zero-order valence-corrected chi connectivity index (χ0v) is 27.7. The molecular formula is C34H27Br2ClN2O5. The number of aromatic nitrogens is 1. The molecule has 1 aromatic heterocycles. The fourth-order valence-corrected chi connectivity index (χ4v) is 7.28. The second kappa shape index (κ2) is 12.2. The van der Waals surface area contributed by atoms with Crippen molar-refractivity contribution in [1.82, 2.24) is 4.98 Å². The Labute approximate surface area is 276 Å². The third-order valence-electron chi connectivity index (χ3n) is 8.30. The summed E-state index contributed by atoms with van der Waals surface area (Å²) < 4.78 is 5.66. The monoisotopic (exact) mass is 736 g/mol. The number of fused-ring (bicyclic) bond motifs is 2. The van der Waals surface area contributed by atoms with Crippen LogP contribution in [0, 0.1) is 18.8 Å².